The predicted octanol–water partition coefficient (Wildman–Crippen LogP) is 4.43. The van der Waals surface area contributed by atoms with E-state index in [1.54, 1.807) is 54.7 Å². The molecule has 0 bridgehead atoms. The summed E-state index contributed by atoms with van der Waals surface area (Å²) in [5, 5.41) is 3.34. The number of aryl methyl sites for hydroxylation is 1. The van der Waals surface area contributed by atoms with Crippen molar-refractivity contribution in [2.24, 2.45) is 0 Å². The monoisotopic (exact) mass is 393 g/mol. The van der Waals surface area contributed by atoms with Crippen molar-refractivity contribution in [1.82, 2.24) is 4.98 Å². The van der Waals surface area contributed by atoms with Gasteiger partial charge in [0, 0.05) is 16.9 Å². The van der Waals surface area contributed by atoms with Gasteiger partial charge in [-0.3, -0.25) is 14.5 Å². The van der Waals surface area contributed by atoms with Crippen molar-refractivity contribution in [2.45, 2.75) is 6.92 Å². The number of hydrogen-bond acceptors (Lipinski definition) is 4. The Morgan fingerprint density at radius 3 is 2.82 bits per heavy atom. The van der Waals surface area contributed by atoms with Crippen LogP contribution in [0.3, 0.4) is 0 Å². The third kappa shape index (κ3) is 3.42. The maximum absolute atomic E-state index is 13.1. The Morgan fingerprint density at radius 1 is 1.18 bits per heavy atom. The van der Waals surface area contributed by atoms with Crippen molar-refractivity contribution >= 4 is 34.8 Å². The van der Waals surface area contributed by atoms with Crippen LogP contribution in [0.15, 0.2) is 60.8 Å². The lowest BCUT2D eigenvalue weighted by Crippen LogP contribution is -2.37. The molecule has 2 aromatic carbocycles. The zero-order chi connectivity index (χ0) is 19.7. The molecule has 1 N–H and O–H groups in total. The molecule has 1 aromatic heterocycles. The average molecular weight is 394 g/mol. The summed E-state index contributed by atoms with van der Waals surface area (Å²) >= 11 is 6.12. The Labute approximate surface area is 166 Å². The van der Waals surface area contributed by atoms with E-state index in [4.69, 9.17) is 16.3 Å². The number of anilines is 2. The third-order valence-electron chi connectivity index (χ3n) is 4.37. The molecule has 7 heteroatoms. The van der Waals surface area contributed by atoms with Gasteiger partial charge in [0.2, 0.25) is 11.8 Å². The Bertz CT molecular complexity index is 1080. The van der Waals surface area contributed by atoms with Gasteiger partial charge >= 0.3 is 0 Å². The zero-order valence-electron chi connectivity index (χ0n) is 15.0. The van der Waals surface area contributed by atoms with Crippen LogP contribution < -0.4 is 15.0 Å². The highest BCUT2D eigenvalue weighted by atomic mass is 35.5. The maximum atomic E-state index is 13.1. The second-order valence-electron chi connectivity index (χ2n) is 6.33. The molecule has 0 fully saturated rings. The predicted molar refractivity (Wildman–Crippen MR) is 107 cm³/mol. The SMILES string of the molecule is Cc1ccc(NC(=O)CN2C(=O)c3cccnc3Oc3ccccc32)cc1Cl. The van der Waals surface area contributed by atoms with Gasteiger partial charge in [0.15, 0.2) is 5.75 Å². The number of carbonyl (C=O) groups excluding carboxylic acids is 2. The first-order valence-electron chi connectivity index (χ1n) is 8.63. The topological polar surface area (TPSA) is 71.5 Å². The third-order valence-corrected chi connectivity index (χ3v) is 4.77. The van der Waals surface area contributed by atoms with Crippen LogP contribution >= 0.6 is 11.6 Å². The second kappa shape index (κ2) is 7.32. The van der Waals surface area contributed by atoms with E-state index in [2.05, 4.69) is 10.3 Å². The highest BCUT2D eigenvalue weighted by Gasteiger charge is 2.30. The van der Waals surface area contributed by atoms with E-state index in [0.717, 1.165) is 5.56 Å². The highest BCUT2D eigenvalue weighted by molar-refractivity contribution is 6.31. The number of carbonyl (C=O) groups is 2. The first-order valence-corrected chi connectivity index (χ1v) is 9.00. The summed E-state index contributed by atoms with van der Waals surface area (Å²) in [7, 11) is 0. The van der Waals surface area contributed by atoms with Gasteiger partial charge in [-0.25, -0.2) is 4.98 Å². The van der Waals surface area contributed by atoms with Gasteiger partial charge in [-0.1, -0.05) is 29.8 Å². The number of pyridine rings is 1. The van der Waals surface area contributed by atoms with Crippen LogP contribution in [0.4, 0.5) is 11.4 Å². The van der Waals surface area contributed by atoms with Gasteiger partial charge in [0.1, 0.15) is 12.1 Å². The van der Waals surface area contributed by atoms with Crippen molar-refractivity contribution in [1.29, 1.82) is 0 Å². The van der Waals surface area contributed by atoms with Gasteiger partial charge in [-0.2, -0.15) is 0 Å². The first kappa shape index (κ1) is 18.0. The number of nitrogens with zero attached hydrogens (tertiary/aromatic N) is 2. The lowest BCUT2D eigenvalue weighted by atomic mass is 10.2. The number of hydrogen-bond donors (Lipinski definition) is 1. The van der Waals surface area contributed by atoms with Crippen LogP contribution in [0, 0.1) is 6.92 Å². The fourth-order valence-corrected chi connectivity index (χ4v) is 3.11. The zero-order valence-corrected chi connectivity index (χ0v) is 15.7. The van der Waals surface area contributed by atoms with Crippen LogP contribution in [-0.2, 0) is 4.79 Å². The molecule has 2 amide bonds. The number of rotatable bonds is 3. The summed E-state index contributed by atoms with van der Waals surface area (Å²) in [6, 6.07) is 15.6. The van der Waals surface area contributed by atoms with E-state index in [0.29, 0.717) is 27.7 Å². The first-order chi connectivity index (χ1) is 13.5. The summed E-state index contributed by atoms with van der Waals surface area (Å²) in [5.41, 5.74) is 2.28. The fraction of sp³-hybridized carbons (Fsp3) is 0.0952. The van der Waals surface area contributed by atoms with Gasteiger partial charge < -0.3 is 10.1 Å². The van der Waals surface area contributed by atoms with Gasteiger partial charge in [0.05, 0.1) is 5.69 Å². The molecule has 140 valence electrons. The summed E-state index contributed by atoms with van der Waals surface area (Å²) < 4.78 is 5.81. The molecular weight excluding hydrogens is 378 g/mol. The molecule has 3 aromatic rings. The number of para-hydroxylation sites is 2. The summed E-state index contributed by atoms with van der Waals surface area (Å²) in [4.78, 5) is 31.3. The number of aromatic nitrogens is 1. The van der Waals surface area contributed by atoms with Crippen LogP contribution in [0.5, 0.6) is 11.6 Å². The molecule has 0 spiro atoms. The van der Waals surface area contributed by atoms with Crippen LogP contribution in [0.1, 0.15) is 15.9 Å². The normalized spacial score (nSPS) is 12.5. The minimum absolute atomic E-state index is 0.182. The van der Waals surface area contributed by atoms with Crippen molar-refractivity contribution in [3.8, 4) is 11.6 Å². The van der Waals surface area contributed by atoms with Crippen LogP contribution in [-0.4, -0.2) is 23.3 Å². The average Bonchev–Trinajstić information content (AvgIpc) is 2.80. The van der Waals surface area contributed by atoms with E-state index in [9.17, 15) is 9.59 Å². The standard InChI is InChI=1S/C21H16ClN3O3/c1-13-8-9-14(11-16(13)22)24-19(26)12-25-17-6-2-3-7-18(17)28-20-15(21(25)27)5-4-10-23-20/h2-11H,12H2,1H3,(H,24,26). The van der Waals surface area contributed by atoms with Gasteiger partial charge in [-0.05, 0) is 48.9 Å². The van der Waals surface area contributed by atoms with E-state index < -0.39 is 0 Å². The van der Waals surface area contributed by atoms with Gasteiger partial charge in [0.25, 0.3) is 5.91 Å². The van der Waals surface area contributed by atoms with Crippen molar-refractivity contribution in [2.75, 3.05) is 16.8 Å². The molecule has 4 rings (SSSR count). The molecule has 0 radical (unpaired) electrons. The molecule has 1 aliphatic rings. The molecular formula is C21H16ClN3O3. The van der Waals surface area contributed by atoms with Crippen molar-refractivity contribution < 1.29 is 14.3 Å². The number of ether oxygens (including phenoxy) is 1. The number of nitrogens with one attached hydrogen (secondary N) is 1. The minimum atomic E-state index is -0.356. The van der Waals surface area contributed by atoms with Crippen LogP contribution in [0.25, 0.3) is 0 Å². The second-order valence-corrected chi connectivity index (χ2v) is 6.74. The Morgan fingerprint density at radius 2 is 2.00 bits per heavy atom. The lowest BCUT2D eigenvalue weighted by molar-refractivity contribution is -0.114. The maximum Gasteiger partial charge on any atom is 0.264 e. The molecule has 1 aliphatic heterocycles. The Hall–Kier alpha value is -3.38. The summed E-state index contributed by atoms with van der Waals surface area (Å²) in [6.07, 6.45) is 1.55. The number of halogens is 1. The number of fused-ring (bicyclic) bond motifs is 2. The van der Waals surface area contributed by atoms with E-state index in [1.165, 1.54) is 4.90 Å². The van der Waals surface area contributed by atoms with Crippen molar-refractivity contribution in [3.63, 3.8) is 0 Å². The van der Waals surface area contributed by atoms with E-state index in [1.807, 2.05) is 13.0 Å². The Kier molecular flexibility index (Phi) is 4.71. The molecule has 6 nitrogen and oxygen atoms in total. The molecule has 28 heavy (non-hydrogen) atoms. The van der Waals surface area contributed by atoms with E-state index in [-0.39, 0.29) is 24.2 Å². The molecule has 0 unspecified atom stereocenters. The number of amides is 2. The molecule has 0 atom stereocenters. The minimum Gasteiger partial charge on any atom is -0.436 e. The molecule has 0 saturated carbocycles. The molecule has 0 saturated heterocycles. The largest absolute Gasteiger partial charge is 0.436 e. The van der Waals surface area contributed by atoms with Crippen molar-refractivity contribution in [3.05, 3.63) is 76.9 Å². The van der Waals surface area contributed by atoms with E-state index >= 15 is 0 Å². The van der Waals surface area contributed by atoms with Gasteiger partial charge in [-0.15, -0.1) is 0 Å². The fourth-order valence-electron chi connectivity index (χ4n) is 2.93. The lowest BCUT2D eigenvalue weighted by Gasteiger charge is -2.21. The molecule has 0 aliphatic carbocycles. The smallest absolute Gasteiger partial charge is 0.264 e. The van der Waals surface area contributed by atoms with Crippen LogP contribution in [0.2, 0.25) is 5.02 Å². The summed E-state index contributed by atoms with van der Waals surface area (Å²) in [5.74, 6) is -0.0341. The summed E-state index contributed by atoms with van der Waals surface area (Å²) in [6.45, 7) is 1.70. The number of benzene rings is 2. The quantitative estimate of drug-likeness (QED) is 0.714. The highest BCUT2D eigenvalue weighted by Crippen LogP contribution is 2.37. The Balaban J connectivity index is 1.64. The molecule has 2 heterocycles.